The van der Waals surface area contributed by atoms with Crippen LogP contribution in [0.5, 0.6) is 0 Å². The third kappa shape index (κ3) is 2.91. The van der Waals surface area contributed by atoms with Gasteiger partial charge in [0.1, 0.15) is 6.04 Å². The Hall–Kier alpha value is -1.34. The minimum absolute atomic E-state index is 0.123. The van der Waals surface area contributed by atoms with Crippen molar-refractivity contribution in [3.05, 3.63) is 39.9 Å². The van der Waals surface area contributed by atoms with Gasteiger partial charge < -0.3 is 0 Å². The van der Waals surface area contributed by atoms with E-state index in [-0.39, 0.29) is 15.2 Å². The molecule has 18 heavy (non-hydrogen) atoms. The molecule has 0 fully saturated rings. The molecule has 0 aliphatic carbocycles. The first-order chi connectivity index (χ1) is 8.30. The summed E-state index contributed by atoms with van der Waals surface area (Å²) in [6.07, 6.45) is 0. The molecule has 0 aliphatic heterocycles. The Kier molecular flexibility index (Phi) is 4.53. The van der Waals surface area contributed by atoms with Crippen molar-refractivity contribution in [3.63, 3.8) is 0 Å². The van der Waals surface area contributed by atoms with Crippen molar-refractivity contribution in [1.29, 1.82) is 0 Å². The first-order valence-corrected chi connectivity index (χ1v) is 7.09. The maximum atomic E-state index is 12.1. The fourth-order valence-electron chi connectivity index (χ4n) is 1.36. The van der Waals surface area contributed by atoms with Crippen molar-refractivity contribution in [3.8, 4) is 0 Å². The van der Waals surface area contributed by atoms with E-state index in [2.05, 4.69) is 0 Å². The summed E-state index contributed by atoms with van der Waals surface area (Å²) in [7, 11) is -4.18. The minimum atomic E-state index is -4.18. The summed E-state index contributed by atoms with van der Waals surface area (Å²) in [5.74, 6) is -0.161. The summed E-state index contributed by atoms with van der Waals surface area (Å²) in [4.78, 5) is 10.8. The molecule has 0 saturated carbocycles. The highest BCUT2D eigenvalue weighted by Crippen LogP contribution is 2.19. The summed E-state index contributed by atoms with van der Waals surface area (Å²) in [5, 5.41) is 9.92. The highest BCUT2D eigenvalue weighted by molar-refractivity contribution is 7.89. The van der Waals surface area contributed by atoms with Gasteiger partial charge in [0.05, 0.1) is 4.90 Å². The van der Waals surface area contributed by atoms with Crippen molar-refractivity contribution in [2.75, 3.05) is 5.88 Å². The van der Waals surface area contributed by atoms with E-state index in [0.29, 0.717) is 0 Å². The molecule has 1 aromatic rings. The van der Waals surface area contributed by atoms with Crippen molar-refractivity contribution >= 4 is 21.6 Å². The second-order valence-electron chi connectivity index (χ2n) is 3.83. The van der Waals surface area contributed by atoms with Crippen LogP contribution in [0.2, 0.25) is 0 Å². The Morgan fingerprint density at radius 3 is 2.28 bits per heavy atom. The van der Waals surface area contributed by atoms with Crippen molar-refractivity contribution < 1.29 is 13.5 Å². The van der Waals surface area contributed by atoms with Gasteiger partial charge in [-0.05, 0) is 30.4 Å². The van der Waals surface area contributed by atoms with E-state index in [1.165, 1.54) is 19.1 Å². The van der Waals surface area contributed by atoms with Gasteiger partial charge >= 0.3 is 10.0 Å². The Morgan fingerprint density at radius 2 is 1.89 bits per heavy atom. The third-order valence-electron chi connectivity index (χ3n) is 2.33. The van der Waals surface area contributed by atoms with Crippen LogP contribution in [0.3, 0.4) is 0 Å². The zero-order valence-corrected chi connectivity index (χ0v) is 11.5. The molecule has 0 N–H and O–H groups in total. The zero-order chi connectivity index (χ0) is 13.9. The number of alkyl halides is 1. The van der Waals surface area contributed by atoms with Gasteiger partial charge in [0.2, 0.25) is 0 Å². The average Bonchev–Trinajstić information content (AvgIpc) is 2.28. The Bertz CT molecular complexity index is 529. The second kappa shape index (κ2) is 5.53. The van der Waals surface area contributed by atoms with Crippen LogP contribution in [0.25, 0.3) is 0 Å². The number of hydrogen-bond acceptors (Lipinski definition) is 4. The van der Waals surface area contributed by atoms with Gasteiger partial charge in [0, 0.05) is 5.88 Å². The standard InChI is InChI=1S/C10H13ClN2O4S/c1-8-3-5-10(6-4-8)18(16,17)12(13(14)15)9(2)7-11/h3-6,9H,7H2,1-2H3. The number of nitrogens with zero attached hydrogens (tertiary/aromatic N) is 2. The van der Waals surface area contributed by atoms with E-state index in [4.69, 9.17) is 11.6 Å². The number of nitro groups is 1. The van der Waals surface area contributed by atoms with Crippen LogP contribution in [-0.2, 0) is 10.0 Å². The van der Waals surface area contributed by atoms with Gasteiger partial charge in [-0.15, -0.1) is 11.6 Å². The lowest BCUT2D eigenvalue weighted by Crippen LogP contribution is -2.43. The summed E-state index contributed by atoms with van der Waals surface area (Å²) in [6.45, 7) is 3.17. The Morgan fingerprint density at radius 1 is 1.39 bits per heavy atom. The fraction of sp³-hybridized carbons (Fsp3) is 0.400. The zero-order valence-electron chi connectivity index (χ0n) is 9.91. The van der Waals surface area contributed by atoms with E-state index in [1.54, 1.807) is 19.1 Å². The fourth-order valence-corrected chi connectivity index (χ4v) is 3.00. The first kappa shape index (κ1) is 14.7. The predicted molar refractivity (Wildman–Crippen MR) is 67.4 cm³/mol. The van der Waals surface area contributed by atoms with Crippen molar-refractivity contribution in [1.82, 2.24) is 4.41 Å². The molecule has 0 aliphatic rings. The maximum absolute atomic E-state index is 12.1. The molecular formula is C10H13ClN2O4S. The van der Waals surface area contributed by atoms with Gasteiger partial charge in [0.15, 0.2) is 5.03 Å². The molecule has 0 saturated heterocycles. The van der Waals surface area contributed by atoms with Crippen molar-refractivity contribution in [2.45, 2.75) is 24.8 Å². The second-order valence-corrected chi connectivity index (χ2v) is 5.94. The molecule has 100 valence electrons. The van der Waals surface area contributed by atoms with E-state index < -0.39 is 21.1 Å². The van der Waals surface area contributed by atoms with Gasteiger partial charge in [-0.1, -0.05) is 17.7 Å². The van der Waals surface area contributed by atoms with Gasteiger partial charge in [0.25, 0.3) is 0 Å². The van der Waals surface area contributed by atoms with Crippen LogP contribution < -0.4 is 0 Å². The van der Waals surface area contributed by atoms with Gasteiger partial charge in [-0.2, -0.15) is 8.42 Å². The molecular weight excluding hydrogens is 280 g/mol. The number of rotatable bonds is 5. The molecule has 1 aromatic carbocycles. The molecule has 1 atom stereocenters. The summed E-state index contributed by atoms with van der Waals surface area (Å²) >= 11 is 5.50. The van der Waals surface area contributed by atoms with E-state index in [9.17, 15) is 18.5 Å². The topological polar surface area (TPSA) is 80.5 Å². The van der Waals surface area contributed by atoms with Crippen LogP contribution in [0.4, 0.5) is 0 Å². The monoisotopic (exact) mass is 292 g/mol. The molecule has 0 amide bonds. The third-order valence-corrected chi connectivity index (χ3v) is 4.63. The normalized spacial score (nSPS) is 13.1. The number of hydrazine groups is 1. The molecule has 0 radical (unpaired) electrons. The van der Waals surface area contributed by atoms with Crippen LogP contribution >= 0.6 is 11.6 Å². The highest BCUT2D eigenvalue weighted by Gasteiger charge is 2.37. The van der Waals surface area contributed by atoms with E-state index in [1.807, 2.05) is 0 Å². The SMILES string of the molecule is Cc1ccc(S(=O)(=O)N(C(C)CCl)[N+](=O)[O-])cc1. The predicted octanol–water partition coefficient (Wildman–Crippen LogP) is 1.80. The minimum Gasteiger partial charge on any atom is -0.234 e. The number of sulfonamides is 1. The lowest BCUT2D eigenvalue weighted by atomic mass is 10.2. The molecule has 0 bridgehead atoms. The highest BCUT2D eigenvalue weighted by atomic mass is 35.5. The van der Waals surface area contributed by atoms with Crippen LogP contribution in [0.15, 0.2) is 29.2 Å². The maximum Gasteiger partial charge on any atom is 0.313 e. The molecule has 1 unspecified atom stereocenters. The summed E-state index contributed by atoms with van der Waals surface area (Å²) in [6, 6.07) is 4.91. The Labute approximate surface area is 110 Å². The summed E-state index contributed by atoms with van der Waals surface area (Å²) < 4.78 is 24.4. The van der Waals surface area contributed by atoms with Gasteiger partial charge in [-0.25, -0.2) is 10.1 Å². The number of benzene rings is 1. The van der Waals surface area contributed by atoms with Crippen LogP contribution in [0, 0.1) is 17.0 Å². The quantitative estimate of drug-likeness (QED) is 0.471. The molecule has 1 rings (SSSR count). The smallest absolute Gasteiger partial charge is 0.234 e. The van der Waals surface area contributed by atoms with Crippen LogP contribution in [-0.4, -0.2) is 29.8 Å². The molecule has 0 spiro atoms. The average molecular weight is 293 g/mol. The lowest BCUT2D eigenvalue weighted by Gasteiger charge is -2.18. The number of hydrogen-bond donors (Lipinski definition) is 0. The largest absolute Gasteiger partial charge is 0.313 e. The molecule has 8 heteroatoms. The number of halogens is 1. The molecule has 0 heterocycles. The first-order valence-electron chi connectivity index (χ1n) is 5.12. The van der Waals surface area contributed by atoms with E-state index >= 15 is 0 Å². The molecule has 6 nitrogen and oxygen atoms in total. The van der Waals surface area contributed by atoms with Crippen LogP contribution in [0.1, 0.15) is 12.5 Å². The summed E-state index contributed by atoms with van der Waals surface area (Å²) in [5.41, 5.74) is 0.868. The molecule has 0 aromatic heterocycles. The van der Waals surface area contributed by atoms with Crippen molar-refractivity contribution in [2.24, 2.45) is 0 Å². The number of aryl methyl sites for hydroxylation is 1. The lowest BCUT2D eigenvalue weighted by molar-refractivity contribution is -0.626. The van der Waals surface area contributed by atoms with E-state index in [0.717, 1.165) is 5.56 Å². The Balaban J connectivity index is 3.25. The van der Waals surface area contributed by atoms with Gasteiger partial charge in [-0.3, -0.25) is 0 Å².